The van der Waals surface area contributed by atoms with E-state index in [1.54, 1.807) is 0 Å². The van der Waals surface area contributed by atoms with E-state index in [2.05, 4.69) is 6.26 Å². The molecule has 0 saturated carbocycles. The second-order valence-electron chi connectivity index (χ2n) is 2.31. The topological polar surface area (TPSA) is 0 Å². The molecule has 0 aliphatic rings. The molecule has 0 saturated heterocycles. The van der Waals surface area contributed by atoms with Crippen LogP contribution in [0.15, 0.2) is 0 Å². The summed E-state index contributed by atoms with van der Waals surface area (Å²) in [5.41, 5.74) is 0. The van der Waals surface area contributed by atoms with Crippen LogP contribution in [0.1, 0.15) is 12.8 Å². The van der Waals surface area contributed by atoms with Crippen LogP contribution in [0.3, 0.4) is 0 Å². The fourth-order valence-corrected chi connectivity index (χ4v) is 1.81. The van der Waals surface area contributed by atoms with Crippen LogP contribution in [0.2, 0.25) is 0 Å². The summed E-state index contributed by atoms with van der Waals surface area (Å²) < 4.78 is 0. The zero-order valence-corrected chi connectivity index (χ0v) is 8.61. The monoisotopic (exact) mass is 200 g/mol. The number of rotatable bonds is 6. The minimum Gasteiger partial charge on any atom is -0.165 e. The third kappa shape index (κ3) is 5.70. The van der Waals surface area contributed by atoms with Gasteiger partial charge in [0.1, 0.15) is 0 Å². The van der Waals surface area contributed by atoms with E-state index in [0.29, 0.717) is 17.7 Å². The molecule has 62 valence electrons. The van der Waals surface area contributed by atoms with Gasteiger partial charge in [0.25, 0.3) is 0 Å². The summed E-state index contributed by atoms with van der Waals surface area (Å²) in [6, 6.07) is 0. The first-order valence-electron chi connectivity index (χ1n) is 3.46. The molecule has 0 bridgehead atoms. The van der Waals surface area contributed by atoms with Crippen LogP contribution in [-0.2, 0) is 0 Å². The smallest absolute Gasteiger partial charge is 0.0263 e. The summed E-state index contributed by atoms with van der Waals surface area (Å²) in [6.45, 7) is 0. The first-order valence-corrected chi connectivity index (χ1v) is 5.92. The van der Waals surface area contributed by atoms with Crippen molar-refractivity contribution in [2.45, 2.75) is 12.8 Å². The van der Waals surface area contributed by atoms with E-state index in [-0.39, 0.29) is 0 Å². The molecule has 0 aromatic heterocycles. The van der Waals surface area contributed by atoms with Gasteiger partial charge in [-0.1, -0.05) is 0 Å². The first-order chi connectivity index (χ1) is 4.85. The number of hydrogen-bond donors (Lipinski definition) is 0. The zero-order chi connectivity index (χ0) is 7.82. The molecule has 0 heterocycles. The zero-order valence-electron chi connectivity index (χ0n) is 6.28. The maximum atomic E-state index is 5.66. The molecule has 0 aromatic rings. The molecule has 0 fully saturated rings. The Labute approximate surface area is 77.7 Å². The van der Waals surface area contributed by atoms with E-state index < -0.39 is 0 Å². The maximum absolute atomic E-state index is 5.66. The maximum Gasteiger partial charge on any atom is 0.0263 e. The van der Waals surface area contributed by atoms with Gasteiger partial charge < -0.3 is 0 Å². The summed E-state index contributed by atoms with van der Waals surface area (Å²) >= 11 is 13.2. The van der Waals surface area contributed by atoms with Crippen molar-refractivity contribution in [1.29, 1.82) is 0 Å². The molecule has 0 rings (SSSR count). The minimum atomic E-state index is 0.524. The second kappa shape index (κ2) is 8.03. The summed E-state index contributed by atoms with van der Waals surface area (Å²) in [5.74, 6) is 3.16. The number of alkyl halides is 2. The Morgan fingerprint density at radius 3 is 2.30 bits per heavy atom. The van der Waals surface area contributed by atoms with Gasteiger partial charge in [0.15, 0.2) is 0 Å². The molecule has 10 heavy (non-hydrogen) atoms. The number of thioether (sulfide) groups is 1. The molecule has 0 aliphatic heterocycles. The van der Waals surface area contributed by atoms with Gasteiger partial charge in [0.2, 0.25) is 0 Å². The Kier molecular flexibility index (Phi) is 8.78. The lowest BCUT2D eigenvalue weighted by Crippen LogP contribution is -2.03. The summed E-state index contributed by atoms with van der Waals surface area (Å²) in [7, 11) is 0. The Morgan fingerprint density at radius 1 is 1.30 bits per heavy atom. The SMILES string of the molecule is CSCCCC(CCl)CCl. The lowest BCUT2D eigenvalue weighted by molar-refractivity contribution is 0.591. The van der Waals surface area contributed by atoms with Crippen molar-refractivity contribution >= 4 is 35.0 Å². The molecule has 0 atom stereocenters. The van der Waals surface area contributed by atoms with Crippen molar-refractivity contribution in [2.75, 3.05) is 23.8 Å². The van der Waals surface area contributed by atoms with Crippen LogP contribution in [0, 0.1) is 5.92 Å². The van der Waals surface area contributed by atoms with Crippen LogP contribution in [0.5, 0.6) is 0 Å². The first kappa shape index (κ1) is 10.9. The Bertz CT molecular complexity index is 64.6. The van der Waals surface area contributed by atoms with Crippen molar-refractivity contribution in [3.8, 4) is 0 Å². The molecule has 0 aromatic carbocycles. The molecule has 3 heteroatoms. The van der Waals surface area contributed by atoms with E-state index in [0.717, 1.165) is 0 Å². The van der Waals surface area contributed by atoms with Crippen LogP contribution in [0.25, 0.3) is 0 Å². The molecule has 0 radical (unpaired) electrons. The van der Waals surface area contributed by atoms with Gasteiger partial charge in [-0.05, 0) is 30.8 Å². The average molecular weight is 201 g/mol. The highest BCUT2D eigenvalue weighted by Gasteiger charge is 2.03. The van der Waals surface area contributed by atoms with Crippen LogP contribution in [0.4, 0.5) is 0 Å². The van der Waals surface area contributed by atoms with E-state index in [1.807, 2.05) is 11.8 Å². The second-order valence-corrected chi connectivity index (χ2v) is 3.91. The van der Waals surface area contributed by atoms with Gasteiger partial charge in [-0.15, -0.1) is 23.2 Å². The van der Waals surface area contributed by atoms with Crippen LogP contribution < -0.4 is 0 Å². The molecule has 0 amide bonds. The van der Waals surface area contributed by atoms with E-state index >= 15 is 0 Å². The standard InChI is InChI=1S/C7H14Cl2S/c1-10-4-2-3-7(5-8)6-9/h7H,2-6H2,1H3. The Balaban J connectivity index is 3.09. The summed E-state index contributed by atoms with van der Waals surface area (Å²) in [6.07, 6.45) is 4.54. The van der Waals surface area contributed by atoms with Crippen LogP contribution in [-0.4, -0.2) is 23.8 Å². The van der Waals surface area contributed by atoms with Crippen molar-refractivity contribution in [2.24, 2.45) is 5.92 Å². The largest absolute Gasteiger partial charge is 0.165 e. The van der Waals surface area contributed by atoms with Crippen molar-refractivity contribution < 1.29 is 0 Å². The van der Waals surface area contributed by atoms with Crippen molar-refractivity contribution in [3.05, 3.63) is 0 Å². The average Bonchev–Trinajstić information content (AvgIpc) is 1.99. The third-order valence-corrected chi connectivity index (χ3v) is 2.97. The Morgan fingerprint density at radius 2 is 1.90 bits per heavy atom. The fraction of sp³-hybridized carbons (Fsp3) is 1.00. The quantitative estimate of drug-likeness (QED) is 0.469. The molecular weight excluding hydrogens is 187 g/mol. The fourth-order valence-electron chi connectivity index (χ4n) is 0.712. The molecule has 0 N–H and O–H groups in total. The van der Waals surface area contributed by atoms with Gasteiger partial charge in [0, 0.05) is 11.8 Å². The summed E-state index contributed by atoms with van der Waals surface area (Å²) in [4.78, 5) is 0. The minimum absolute atomic E-state index is 0.524. The van der Waals surface area contributed by atoms with E-state index in [1.165, 1.54) is 18.6 Å². The lowest BCUT2D eigenvalue weighted by Gasteiger charge is -2.07. The number of halogens is 2. The molecular formula is C7H14Cl2S. The van der Waals surface area contributed by atoms with Gasteiger partial charge in [0.05, 0.1) is 0 Å². The molecule has 0 aliphatic carbocycles. The van der Waals surface area contributed by atoms with E-state index in [4.69, 9.17) is 23.2 Å². The van der Waals surface area contributed by atoms with Crippen LogP contribution >= 0.6 is 35.0 Å². The van der Waals surface area contributed by atoms with Crippen molar-refractivity contribution in [1.82, 2.24) is 0 Å². The highest BCUT2D eigenvalue weighted by atomic mass is 35.5. The highest BCUT2D eigenvalue weighted by molar-refractivity contribution is 7.98. The van der Waals surface area contributed by atoms with Gasteiger partial charge in [-0.25, -0.2) is 0 Å². The molecule has 0 nitrogen and oxygen atoms in total. The van der Waals surface area contributed by atoms with Gasteiger partial charge in [-0.3, -0.25) is 0 Å². The molecule has 0 unspecified atom stereocenters. The predicted octanol–water partition coefficient (Wildman–Crippen LogP) is 3.22. The lowest BCUT2D eigenvalue weighted by atomic mass is 10.1. The third-order valence-electron chi connectivity index (χ3n) is 1.40. The van der Waals surface area contributed by atoms with Crippen molar-refractivity contribution in [3.63, 3.8) is 0 Å². The van der Waals surface area contributed by atoms with Gasteiger partial charge in [-0.2, -0.15) is 11.8 Å². The normalized spacial score (nSPS) is 10.8. The number of hydrogen-bond acceptors (Lipinski definition) is 1. The molecule has 0 spiro atoms. The predicted molar refractivity (Wildman–Crippen MR) is 52.5 cm³/mol. The summed E-state index contributed by atoms with van der Waals surface area (Å²) in [5, 5.41) is 0. The van der Waals surface area contributed by atoms with Gasteiger partial charge >= 0.3 is 0 Å². The van der Waals surface area contributed by atoms with E-state index in [9.17, 15) is 0 Å². The Hall–Kier alpha value is 0.930. The highest BCUT2D eigenvalue weighted by Crippen LogP contribution is 2.12.